The number of hydrogen-bond donors (Lipinski definition) is 3. The van der Waals surface area contributed by atoms with Crippen molar-refractivity contribution in [1.82, 2.24) is 25.2 Å². The highest BCUT2D eigenvalue weighted by molar-refractivity contribution is 6.31. The number of nitrogens with one attached hydrogen (secondary N) is 3. The van der Waals surface area contributed by atoms with E-state index in [9.17, 15) is 36.3 Å². The number of carbonyl (C=O) groups excluding carboxylic acids is 3. The first kappa shape index (κ1) is 28.7. The molecule has 42 heavy (non-hydrogen) atoms. The van der Waals surface area contributed by atoms with Crippen molar-refractivity contribution in [3.05, 3.63) is 111 Å². The summed E-state index contributed by atoms with van der Waals surface area (Å²) in [6.07, 6.45) is -1.99. The molecule has 1 aliphatic rings. The van der Waals surface area contributed by atoms with E-state index in [1.807, 2.05) is 0 Å². The SMILES string of the molecule is O=C1Cn2c(C(=O)NCc3ncccn3)cc(NC(=O)c3cc(F)cc(C(F)(F)F)c3)c2C(c2cc(F)ccc2Cl)N1. The molecule has 0 radical (unpaired) electrons. The third-order valence-electron chi connectivity index (χ3n) is 6.28. The lowest BCUT2D eigenvalue weighted by Crippen LogP contribution is -2.41. The summed E-state index contributed by atoms with van der Waals surface area (Å²) < 4.78 is 69.3. The van der Waals surface area contributed by atoms with Crippen molar-refractivity contribution in [2.75, 3.05) is 5.32 Å². The maximum absolute atomic E-state index is 14.2. The first-order valence-corrected chi connectivity index (χ1v) is 12.5. The van der Waals surface area contributed by atoms with Crippen LogP contribution in [0.3, 0.4) is 0 Å². The summed E-state index contributed by atoms with van der Waals surface area (Å²) in [6, 6.07) is 6.30. The second-order valence-electron chi connectivity index (χ2n) is 9.11. The van der Waals surface area contributed by atoms with Gasteiger partial charge in [0.1, 0.15) is 29.7 Å². The first-order chi connectivity index (χ1) is 19.9. The van der Waals surface area contributed by atoms with E-state index in [0.29, 0.717) is 12.1 Å². The zero-order valence-corrected chi connectivity index (χ0v) is 21.9. The Labute approximate surface area is 238 Å². The maximum atomic E-state index is 14.2. The molecule has 1 atom stereocenters. The van der Waals surface area contributed by atoms with Gasteiger partial charge in [0.05, 0.1) is 29.5 Å². The molecule has 9 nitrogen and oxygen atoms in total. The summed E-state index contributed by atoms with van der Waals surface area (Å²) in [5, 5.41) is 7.68. The monoisotopic (exact) mass is 604 g/mol. The molecule has 0 spiro atoms. The van der Waals surface area contributed by atoms with E-state index < -0.39 is 59.2 Å². The lowest BCUT2D eigenvalue weighted by Gasteiger charge is -2.29. The first-order valence-electron chi connectivity index (χ1n) is 12.1. The van der Waals surface area contributed by atoms with Gasteiger partial charge in [-0.2, -0.15) is 13.2 Å². The Morgan fingerprint density at radius 2 is 1.76 bits per heavy atom. The Morgan fingerprint density at radius 3 is 2.48 bits per heavy atom. The zero-order valence-electron chi connectivity index (χ0n) is 21.1. The fourth-order valence-corrected chi connectivity index (χ4v) is 4.69. The number of carbonyl (C=O) groups is 3. The van der Waals surface area contributed by atoms with Gasteiger partial charge in [-0.3, -0.25) is 14.4 Å². The van der Waals surface area contributed by atoms with Crippen LogP contribution in [0.4, 0.5) is 27.6 Å². The molecule has 3 amide bonds. The number of nitrogens with zero attached hydrogens (tertiary/aromatic N) is 3. The van der Waals surface area contributed by atoms with Gasteiger partial charge < -0.3 is 20.5 Å². The van der Waals surface area contributed by atoms with Gasteiger partial charge in [-0.1, -0.05) is 11.6 Å². The van der Waals surface area contributed by atoms with Crippen molar-refractivity contribution in [3.8, 4) is 0 Å². The largest absolute Gasteiger partial charge is 0.416 e. The Balaban J connectivity index is 1.58. The topological polar surface area (TPSA) is 118 Å². The van der Waals surface area contributed by atoms with Crippen LogP contribution in [0.5, 0.6) is 0 Å². The predicted molar refractivity (Wildman–Crippen MR) is 138 cm³/mol. The number of fused-ring (bicyclic) bond motifs is 1. The molecule has 4 aromatic rings. The van der Waals surface area contributed by atoms with E-state index in [1.165, 1.54) is 29.1 Å². The molecular weight excluding hydrogens is 587 g/mol. The maximum Gasteiger partial charge on any atom is 0.416 e. The number of hydrogen-bond acceptors (Lipinski definition) is 5. The smallest absolute Gasteiger partial charge is 0.343 e. The Morgan fingerprint density at radius 1 is 1.02 bits per heavy atom. The van der Waals surface area contributed by atoms with E-state index in [4.69, 9.17) is 11.6 Å². The van der Waals surface area contributed by atoms with Crippen LogP contribution < -0.4 is 16.0 Å². The lowest BCUT2D eigenvalue weighted by molar-refractivity contribution is -0.137. The minimum atomic E-state index is -4.93. The van der Waals surface area contributed by atoms with Gasteiger partial charge in [-0.25, -0.2) is 18.7 Å². The molecule has 1 unspecified atom stereocenters. The van der Waals surface area contributed by atoms with E-state index in [-0.39, 0.29) is 46.1 Å². The molecule has 0 fully saturated rings. The van der Waals surface area contributed by atoms with Crippen molar-refractivity contribution < 1.29 is 36.3 Å². The van der Waals surface area contributed by atoms with Gasteiger partial charge >= 0.3 is 6.18 Å². The molecule has 0 aliphatic carbocycles. The molecule has 2 aromatic carbocycles. The number of rotatable bonds is 6. The third-order valence-corrected chi connectivity index (χ3v) is 6.63. The average molecular weight is 605 g/mol. The molecule has 0 saturated carbocycles. The van der Waals surface area contributed by atoms with Gasteiger partial charge in [0.2, 0.25) is 5.91 Å². The second kappa shape index (κ2) is 11.2. The Hall–Kier alpha value is -4.85. The minimum absolute atomic E-state index is 0.0424. The van der Waals surface area contributed by atoms with Crippen LogP contribution in [-0.2, 0) is 24.1 Å². The standard InChI is InChI=1S/C27H18ClF5N6O3/c28-18-3-2-15(29)9-17(18)23-24-19(37-25(41)13-6-14(27(31,32)33)8-16(30)7-13)10-20(39(24)12-22(40)38-23)26(42)36-11-21-34-4-1-5-35-21/h1-10,23H,11-12H2,(H,36,42)(H,37,41)(H,38,40). The van der Waals surface area contributed by atoms with E-state index in [0.717, 1.165) is 12.1 Å². The lowest BCUT2D eigenvalue weighted by atomic mass is 10.0. The number of benzene rings is 2. The average Bonchev–Trinajstić information content (AvgIpc) is 3.30. The Bertz CT molecular complexity index is 1710. The van der Waals surface area contributed by atoms with Gasteiger partial charge in [0.15, 0.2) is 0 Å². The van der Waals surface area contributed by atoms with E-state index in [1.54, 1.807) is 6.07 Å². The summed E-state index contributed by atoms with van der Waals surface area (Å²) in [7, 11) is 0. The molecule has 1 aliphatic heterocycles. The summed E-state index contributed by atoms with van der Waals surface area (Å²) in [5.41, 5.74) is -2.14. The summed E-state index contributed by atoms with van der Waals surface area (Å²) in [6.45, 7) is -0.506. The molecule has 3 N–H and O–H groups in total. The predicted octanol–water partition coefficient (Wildman–Crippen LogP) is 4.63. The van der Waals surface area contributed by atoms with Crippen molar-refractivity contribution in [2.24, 2.45) is 0 Å². The van der Waals surface area contributed by atoms with Crippen molar-refractivity contribution in [2.45, 2.75) is 25.3 Å². The van der Waals surface area contributed by atoms with Crippen LogP contribution >= 0.6 is 11.6 Å². The third kappa shape index (κ3) is 5.93. The molecule has 216 valence electrons. The summed E-state index contributed by atoms with van der Waals surface area (Å²) in [5.74, 6) is -4.15. The second-order valence-corrected chi connectivity index (χ2v) is 9.52. The number of amides is 3. The molecule has 3 heterocycles. The zero-order chi connectivity index (χ0) is 30.2. The van der Waals surface area contributed by atoms with Crippen molar-refractivity contribution in [3.63, 3.8) is 0 Å². The summed E-state index contributed by atoms with van der Waals surface area (Å²) >= 11 is 6.31. The summed E-state index contributed by atoms with van der Waals surface area (Å²) in [4.78, 5) is 47.1. The highest BCUT2D eigenvalue weighted by Crippen LogP contribution is 2.38. The van der Waals surface area contributed by atoms with Crippen LogP contribution in [0.15, 0.2) is 60.9 Å². The molecule has 15 heteroatoms. The number of halogens is 6. The van der Waals surface area contributed by atoms with Crippen molar-refractivity contribution >= 4 is 35.0 Å². The molecule has 2 aromatic heterocycles. The minimum Gasteiger partial charge on any atom is -0.343 e. The fourth-order valence-electron chi connectivity index (χ4n) is 4.46. The van der Waals surface area contributed by atoms with Crippen molar-refractivity contribution in [1.29, 1.82) is 0 Å². The number of alkyl halides is 3. The van der Waals surface area contributed by atoms with Gasteiger partial charge in [-0.15, -0.1) is 0 Å². The molecule has 5 rings (SSSR count). The van der Waals surface area contributed by atoms with E-state index in [2.05, 4.69) is 25.9 Å². The number of aromatic nitrogens is 3. The normalized spacial score (nSPS) is 14.6. The van der Waals surface area contributed by atoms with E-state index >= 15 is 0 Å². The molecule has 0 saturated heterocycles. The van der Waals surface area contributed by atoms with Crippen LogP contribution in [0.25, 0.3) is 0 Å². The number of anilines is 1. The van der Waals surface area contributed by atoms with Gasteiger partial charge in [0, 0.05) is 28.5 Å². The molecular formula is C27H18ClF5N6O3. The van der Waals surface area contributed by atoms with Gasteiger partial charge in [-0.05, 0) is 48.5 Å². The van der Waals surface area contributed by atoms with Crippen LogP contribution in [0, 0.1) is 11.6 Å². The van der Waals surface area contributed by atoms with Crippen LogP contribution in [0.2, 0.25) is 5.02 Å². The Kier molecular flexibility index (Phi) is 7.65. The molecule has 0 bridgehead atoms. The highest BCUT2D eigenvalue weighted by atomic mass is 35.5. The van der Waals surface area contributed by atoms with Gasteiger partial charge in [0.25, 0.3) is 11.8 Å². The fraction of sp³-hybridized carbons (Fsp3) is 0.148. The van der Waals surface area contributed by atoms with Crippen LogP contribution in [-0.4, -0.2) is 32.3 Å². The highest BCUT2D eigenvalue weighted by Gasteiger charge is 2.36. The quantitative estimate of drug-likeness (QED) is 0.278. The van der Waals surface area contributed by atoms with Crippen LogP contribution in [0.1, 0.15) is 49.5 Å².